The minimum Gasteiger partial charge on any atom is -0.341 e. The number of nitrogens with zero attached hydrogens (tertiary/aromatic N) is 1. The van der Waals surface area contributed by atoms with Gasteiger partial charge in [-0.15, -0.1) is 24.2 Å². The first-order valence-corrected chi connectivity index (χ1v) is 7.96. The van der Waals surface area contributed by atoms with Gasteiger partial charge in [-0.3, -0.25) is 4.79 Å². The summed E-state index contributed by atoms with van der Waals surface area (Å²) in [5.74, 6) is 1.29. The van der Waals surface area contributed by atoms with E-state index in [0.717, 1.165) is 25.3 Å². The predicted octanol–water partition coefficient (Wildman–Crippen LogP) is 2.51. The molecule has 0 aliphatic carbocycles. The number of halogens is 1. The molecule has 2 heterocycles. The lowest BCUT2D eigenvalue weighted by Crippen LogP contribution is -2.48. The number of hydrogen-bond donors (Lipinski definition) is 1. The zero-order chi connectivity index (χ0) is 13.2. The van der Waals surface area contributed by atoms with Gasteiger partial charge in [0.1, 0.15) is 0 Å². The number of thioether (sulfide) groups is 1. The number of fused-ring (bicyclic) bond motifs is 1. The van der Waals surface area contributed by atoms with Crippen LogP contribution >= 0.6 is 24.2 Å². The maximum atomic E-state index is 12.7. The molecule has 2 aliphatic heterocycles. The number of benzene rings is 1. The Hall–Kier alpha value is -0.710. The van der Waals surface area contributed by atoms with Gasteiger partial charge in [0.15, 0.2) is 0 Å². The highest BCUT2D eigenvalue weighted by atomic mass is 35.5. The molecule has 1 fully saturated rings. The zero-order valence-corrected chi connectivity index (χ0v) is 13.3. The standard InChI is InChI=1S/C15H20N2OS.ClH/c1-16-11-5-4-8-17(9-11)15(18)13-10-19-14-7-3-2-6-12(13)14;/h2-3,6-7,11,13,16H,4-5,8-10H2,1H3;1H. The van der Waals surface area contributed by atoms with Crippen LogP contribution in [0.2, 0.25) is 0 Å². The van der Waals surface area contributed by atoms with Crippen molar-refractivity contribution in [1.29, 1.82) is 0 Å². The normalized spacial score (nSPS) is 24.9. The van der Waals surface area contributed by atoms with Crippen LogP contribution in [0.5, 0.6) is 0 Å². The molecule has 1 amide bonds. The second-order valence-corrected chi connectivity index (χ2v) is 6.38. The summed E-state index contributed by atoms with van der Waals surface area (Å²) in [5.41, 5.74) is 1.23. The Kier molecular flexibility index (Phi) is 5.35. The lowest BCUT2D eigenvalue weighted by Gasteiger charge is -2.34. The molecular weight excluding hydrogens is 292 g/mol. The second kappa shape index (κ2) is 6.83. The van der Waals surface area contributed by atoms with E-state index in [1.165, 1.54) is 16.9 Å². The molecule has 2 unspecified atom stereocenters. The molecule has 1 N–H and O–H groups in total. The van der Waals surface area contributed by atoms with Gasteiger partial charge in [-0.05, 0) is 31.5 Å². The van der Waals surface area contributed by atoms with Crippen LogP contribution in [-0.4, -0.2) is 42.7 Å². The van der Waals surface area contributed by atoms with Crippen molar-refractivity contribution in [1.82, 2.24) is 10.2 Å². The number of carbonyl (C=O) groups is 1. The highest BCUT2D eigenvalue weighted by Gasteiger charge is 2.33. The van der Waals surface area contributed by atoms with E-state index >= 15 is 0 Å². The molecule has 1 aromatic rings. The van der Waals surface area contributed by atoms with Crippen LogP contribution < -0.4 is 5.32 Å². The molecule has 0 spiro atoms. The monoisotopic (exact) mass is 312 g/mol. The first-order chi connectivity index (χ1) is 9.29. The summed E-state index contributed by atoms with van der Waals surface area (Å²) in [7, 11) is 1.99. The van der Waals surface area contributed by atoms with Crippen molar-refractivity contribution < 1.29 is 4.79 Å². The average molecular weight is 313 g/mol. The van der Waals surface area contributed by atoms with Gasteiger partial charge in [0.25, 0.3) is 0 Å². The lowest BCUT2D eigenvalue weighted by molar-refractivity contribution is -0.133. The van der Waals surface area contributed by atoms with Gasteiger partial charge in [0.2, 0.25) is 5.91 Å². The maximum Gasteiger partial charge on any atom is 0.231 e. The molecule has 2 atom stereocenters. The summed E-state index contributed by atoms with van der Waals surface area (Å²) in [6.07, 6.45) is 2.29. The molecule has 20 heavy (non-hydrogen) atoms. The van der Waals surface area contributed by atoms with Crippen molar-refractivity contribution in [3.63, 3.8) is 0 Å². The van der Waals surface area contributed by atoms with Crippen LogP contribution in [0.15, 0.2) is 29.2 Å². The molecule has 0 radical (unpaired) electrons. The number of likely N-dealkylation sites (N-methyl/N-ethyl adjacent to an activating group) is 1. The van der Waals surface area contributed by atoms with E-state index in [2.05, 4.69) is 28.4 Å². The molecule has 2 aliphatic rings. The number of carbonyl (C=O) groups excluding carboxylic acids is 1. The van der Waals surface area contributed by atoms with Crippen molar-refractivity contribution in [2.75, 3.05) is 25.9 Å². The smallest absolute Gasteiger partial charge is 0.231 e. The molecular formula is C15H21ClN2OS. The average Bonchev–Trinajstić information content (AvgIpc) is 2.90. The highest BCUT2D eigenvalue weighted by Crippen LogP contribution is 2.40. The molecule has 5 heteroatoms. The number of nitrogens with one attached hydrogen (secondary N) is 1. The fraction of sp³-hybridized carbons (Fsp3) is 0.533. The van der Waals surface area contributed by atoms with Gasteiger partial charge in [-0.2, -0.15) is 0 Å². The Labute approximate surface area is 130 Å². The van der Waals surface area contributed by atoms with Crippen LogP contribution in [0.1, 0.15) is 24.3 Å². The van der Waals surface area contributed by atoms with Crippen LogP contribution in [-0.2, 0) is 4.79 Å². The van der Waals surface area contributed by atoms with Gasteiger partial charge in [0, 0.05) is 29.8 Å². The van der Waals surface area contributed by atoms with Crippen LogP contribution in [0.4, 0.5) is 0 Å². The Morgan fingerprint density at radius 2 is 2.20 bits per heavy atom. The van der Waals surface area contributed by atoms with E-state index in [1.807, 2.05) is 24.9 Å². The van der Waals surface area contributed by atoms with Crippen molar-refractivity contribution in [3.05, 3.63) is 29.8 Å². The Morgan fingerprint density at radius 1 is 1.40 bits per heavy atom. The van der Waals surface area contributed by atoms with Crippen molar-refractivity contribution in [2.24, 2.45) is 0 Å². The van der Waals surface area contributed by atoms with E-state index in [0.29, 0.717) is 11.9 Å². The van der Waals surface area contributed by atoms with Gasteiger partial charge in [-0.25, -0.2) is 0 Å². The first-order valence-electron chi connectivity index (χ1n) is 6.97. The summed E-state index contributed by atoms with van der Waals surface area (Å²) >= 11 is 1.81. The Balaban J connectivity index is 0.00000147. The Morgan fingerprint density at radius 3 is 3.00 bits per heavy atom. The van der Waals surface area contributed by atoms with Crippen molar-refractivity contribution in [2.45, 2.75) is 29.7 Å². The minimum atomic E-state index is 0. The van der Waals surface area contributed by atoms with Crippen molar-refractivity contribution >= 4 is 30.1 Å². The molecule has 110 valence electrons. The third-order valence-electron chi connectivity index (χ3n) is 4.14. The fourth-order valence-electron chi connectivity index (χ4n) is 3.00. The van der Waals surface area contributed by atoms with Gasteiger partial charge in [0.05, 0.1) is 5.92 Å². The molecule has 3 nitrogen and oxygen atoms in total. The van der Waals surface area contributed by atoms with Crippen LogP contribution in [0, 0.1) is 0 Å². The number of likely N-dealkylation sites (tertiary alicyclic amines) is 1. The third kappa shape index (κ3) is 2.97. The minimum absolute atomic E-state index is 0. The van der Waals surface area contributed by atoms with Crippen LogP contribution in [0.25, 0.3) is 0 Å². The van der Waals surface area contributed by atoms with Gasteiger partial charge < -0.3 is 10.2 Å². The third-order valence-corrected chi connectivity index (χ3v) is 5.32. The fourth-order valence-corrected chi connectivity index (χ4v) is 4.22. The Bertz CT molecular complexity index is 483. The quantitative estimate of drug-likeness (QED) is 0.910. The molecule has 3 rings (SSSR count). The summed E-state index contributed by atoms with van der Waals surface area (Å²) in [5, 5.41) is 3.30. The molecule has 1 saturated heterocycles. The van der Waals surface area contributed by atoms with E-state index in [1.54, 1.807) is 0 Å². The number of piperidine rings is 1. The summed E-state index contributed by atoms with van der Waals surface area (Å²) in [4.78, 5) is 16.0. The zero-order valence-electron chi connectivity index (χ0n) is 11.7. The van der Waals surface area contributed by atoms with E-state index in [9.17, 15) is 4.79 Å². The maximum absolute atomic E-state index is 12.7. The number of hydrogen-bond acceptors (Lipinski definition) is 3. The number of rotatable bonds is 2. The first kappa shape index (κ1) is 15.7. The van der Waals surface area contributed by atoms with Gasteiger partial charge >= 0.3 is 0 Å². The molecule has 1 aromatic carbocycles. The topological polar surface area (TPSA) is 32.3 Å². The van der Waals surface area contributed by atoms with E-state index < -0.39 is 0 Å². The van der Waals surface area contributed by atoms with E-state index in [-0.39, 0.29) is 18.3 Å². The van der Waals surface area contributed by atoms with Crippen LogP contribution in [0.3, 0.4) is 0 Å². The predicted molar refractivity (Wildman–Crippen MR) is 85.8 cm³/mol. The molecule has 0 bridgehead atoms. The number of amides is 1. The highest BCUT2D eigenvalue weighted by molar-refractivity contribution is 7.99. The van der Waals surface area contributed by atoms with Crippen molar-refractivity contribution in [3.8, 4) is 0 Å². The van der Waals surface area contributed by atoms with Gasteiger partial charge in [-0.1, -0.05) is 18.2 Å². The molecule has 0 aromatic heterocycles. The SMILES string of the molecule is CNC1CCCN(C(=O)C2CSc3ccccc32)C1.Cl. The summed E-state index contributed by atoms with van der Waals surface area (Å²) in [6, 6.07) is 8.79. The van der Waals surface area contributed by atoms with E-state index in [4.69, 9.17) is 0 Å². The summed E-state index contributed by atoms with van der Waals surface area (Å²) < 4.78 is 0. The largest absolute Gasteiger partial charge is 0.341 e. The lowest BCUT2D eigenvalue weighted by atomic mass is 9.97. The molecule has 0 saturated carbocycles. The summed E-state index contributed by atoms with van der Waals surface area (Å²) in [6.45, 7) is 1.78. The second-order valence-electron chi connectivity index (χ2n) is 5.31.